The second kappa shape index (κ2) is 5.77. The molecule has 0 aromatic carbocycles. The quantitative estimate of drug-likeness (QED) is 0.356. The van der Waals surface area contributed by atoms with Crippen LogP contribution in [0.15, 0.2) is 16.9 Å². The van der Waals surface area contributed by atoms with E-state index in [1.807, 2.05) is 10.9 Å². The van der Waals surface area contributed by atoms with Crippen LogP contribution in [0, 0.1) is 0 Å². The predicted molar refractivity (Wildman–Crippen MR) is 56.1 cm³/mol. The molecule has 1 aromatic rings. The molecule has 0 saturated heterocycles. The highest BCUT2D eigenvalue weighted by molar-refractivity contribution is 9.10. The number of aromatic nitrogens is 2. The van der Waals surface area contributed by atoms with Crippen LogP contribution in [-0.2, 0) is 11.3 Å². The molecule has 0 radical (unpaired) electrons. The van der Waals surface area contributed by atoms with Gasteiger partial charge in [0.15, 0.2) is 0 Å². The molecule has 5 nitrogen and oxygen atoms in total. The molecule has 0 unspecified atom stereocenters. The van der Waals surface area contributed by atoms with Gasteiger partial charge in [0.05, 0.1) is 10.7 Å². The number of unbranched alkanes of at least 4 members (excludes halogenated alkanes) is 1. The van der Waals surface area contributed by atoms with E-state index in [0.29, 0.717) is 6.42 Å². The zero-order valence-electron chi connectivity index (χ0n) is 7.74. The van der Waals surface area contributed by atoms with Crippen LogP contribution >= 0.6 is 15.9 Å². The minimum absolute atomic E-state index is 0.119. The average molecular weight is 261 g/mol. The average Bonchev–Trinajstić information content (AvgIpc) is 2.58. The van der Waals surface area contributed by atoms with E-state index in [4.69, 9.17) is 5.84 Å². The lowest BCUT2D eigenvalue weighted by Gasteiger charge is -2.00. The Bertz CT molecular complexity index is 299. The lowest BCUT2D eigenvalue weighted by Crippen LogP contribution is -2.29. The number of carbonyl (C=O) groups excluding carboxylic acids is 1. The molecular formula is C8H13BrN4O. The fourth-order valence-corrected chi connectivity index (χ4v) is 1.42. The number of amides is 1. The Labute approximate surface area is 90.8 Å². The maximum atomic E-state index is 10.8. The van der Waals surface area contributed by atoms with E-state index in [2.05, 4.69) is 26.5 Å². The van der Waals surface area contributed by atoms with Crippen LogP contribution in [0.4, 0.5) is 0 Å². The van der Waals surface area contributed by atoms with Gasteiger partial charge in [0, 0.05) is 19.2 Å². The fourth-order valence-electron chi connectivity index (χ4n) is 1.09. The number of hydrogen-bond acceptors (Lipinski definition) is 3. The Morgan fingerprint density at radius 2 is 2.43 bits per heavy atom. The van der Waals surface area contributed by atoms with Crippen molar-refractivity contribution in [2.45, 2.75) is 25.8 Å². The van der Waals surface area contributed by atoms with Gasteiger partial charge in [-0.25, -0.2) is 5.84 Å². The van der Waals surface area contributed by atoms with Gasteiger partial charge in [0.2, 0.25) is 5.91 Å². The van der Waals surface area contributed by atoms with E-state index in [-0.39, 0.29) is 5.91 Å². The minimum Gasteiger partial charge on any atom is -0.294 e. The first kappa shape index (κ1) is 11.2. The highest BCUT2D eigenvalue weighted by atomic mass is 79.9. The van der Waals surface area contributed by atoms with Gasteiger partial charge in [-0.1, -0.05) is 0 Å². The van der Waals surface area contributed by atoms with Gasteiger partial charge in [-0.05, 0) is 28.8 Å². The summed E-state index contributed by atoms with van der Waals surface area (Å²) in [7, 11) is 0. The normalized spacial score (nSPS) is 10.1. The van der Waals surface area contributed by atoms with Crippen molar-refractivity contribution < 1.29 is 4.79 Å². The molecule has 0 atom stereocenters. The van der Waals surface area contributed by atoms with E-state index < -0.39 is 0 Å². The van der Waals surface area contributed by atoms with Crippen molar-refractivity contribution in [3.8, 4) is 0 Å². The third-order valence-electron chi connectivity index (χ3n) is 1.80. The minimum atomic E-state index is -0.119. The lowest BCUT2D eigenvalue weighted by molar-refractivity contribution is -0.121. The Kier molecular flexibility index (Phi) is 4.61. The fraction of sp³-hybridized carbons (Fsp3) is 0.500. The van der Waals surface area contributed by atoms with Gasteiger partial charge in [0.1, 0.15) is 0 Å². The van der Waals surface area contributed by atoms with Crippen LogP contribution in [-0.4, -0.2) is 15.7 Å². The van der Waals surface area contributed by atoms with E-state index in [1.165, 1.54) is 0 Å². The maximum absolute atomic E-state index is 10.8. The van der Waals surface area contributed by atoms with Gasteiger partial charge in [-0.2, -0.15) is 5.10 Å². The molecule has 78 valence electrons. The number of hydrazine groups is 1. The Balaban J connectivity index is 2.13. The Hall–Kier alpha value is -0.880. The van der Waals surface area contributed by atoms with Crippen LogP contribution < -0.4 is 11.3 Å². The summed E-state index contributed by atoms with van der Waals surface area (Å²) in [6.45, 7) is 0.823. The summed E-state index contributed by atoms with van der Waals surface area (Å²) in [6.07, 6.45) is 5.86. The molecule has 0 aliphatic carbocycles. The molecule has 0 fully saturated rings. The molecule has 1 aromatic heterocycles. The van der Waals surface area contributed by atoms with Crippen molar-refractivity contribution >= 4 is 21.8 Å². The van der Waals surface area contributed by atoms with Crippen molar-refractivity contribution in [1.29, 1.82) is 0 Å². The highest BCUT2D eigenvalue weighted by Gasteiger charge is 1.98. The Morgan fingerprint density at radius 1 is 1.64 bits per heavy atom. The summed E-state index contributed by atoms with van der Waals surface area (Å²) in [4.78, 5) is 10.8. The zero-order chi connectivity index (χ0) is 10.4. The van der Waals surface area contributed by atoms with Crippen LogP contribution in [0.25, 0.3) is 0 Å². The van der Waals surface area contributed by atoms with Gasteiger partial charge >= 0.3 is 0 Å². The second-order valence-electron chi connectivity index (χ2n) is 2.95. The van der Waals surface area contributed by atoms with E-state index in [0.717, 1.165) is 23.9 Å². The Morgan fingerprint density at radius 3 is 3.00 bits per heavy atom. The van der Waals surface area contributed by atoms with Crippen molar-refractivity contribution in [1.82, 2.24) is 15.2 Å². The van der Waals surface area contributed by atoms with E-state index >= 15 is 0 Å². The number of nitrogens with two attached hydrogens (primary N) is 1. The third-order valence-corrected chi connectivity index (χ3v) is 2.21. The zero-order valence-corrected chi connectivity index (χ0v) is 9.33. The molecule has 1 amide bonds. The maximum Gasteiger partial charge on any atom is 0.233 e. The SMILES string of the molecule is NNC(=O)CCCCn1cc(Br)cn1. The van der Waals surface area contributed by atoms with E-state index in [9.17, 15) is 4.79 Å². The molecule has 0 spiro atoms. The molecule has 6 heteroatoms. The number of aryl methyl sites for hydroxylation is 1. The molecule has 0 saturated carbocycles. The summed E-state index contributed by atoms with van der Waals surface area (Å²) in [6, 6.07) is 0. The number of rotatable bonds is 5. The van der Waals surface area contributed by atoms with Crippen molar-refractivity contribution in [3.63, 3.8) is 0 Å². The largest absolute Gasteiger partial charge is 0.294 e. The number of halogens is 1. The van der Waals surface area contributed by atoms with Crippen LogP contribution in [0.3, 0.4) is 0 Å². The van der Waals surface area contributed by atoms with Gasteiger partial charge in [0.25, 0.3) is 0 Å². The number of carbonyl (C=O) groups is 1. The number of nitrogens with zero attached hydrogens (tertiary/aromatic N) is 2. The summed E-state index contributed by atoms with van der Waals surface area (Å²) >= 11 is 3.31. The van der Waals surface area contributed by atoms with Gasteiger partial charge in [-0.15, -0.1) is 0 Å². The van der Waals surface area contributed by atoms with Crippen LogP contribution in [0.1, 0.15) is 19.3 Å². The first-order valence-electron chi connectivity index (χ1n) is 4.40. The first-order valence-corrected chi connectivity index (χ1v) is 5.19. The van der Waals surface area contributed by atoms with E-state index in [1.54, 1.807) is 6.20 Å². The van der Waals surface area contributed by atoms with Crippen molar-refractivity contribution in [2.24, 2.45) is 5.84 Å². The standard InChI is InChI=1S/C8H13BrN4O/c9-7-5-11-13(6-7)4-2-1-3-8(14)12-10/h5-6H,1-4,10H2,(H,12,14). The molecule has 0 aliphatic heterocycles. The summed E-state index contributed by atoms with van der Waals surface area (Å²) < 4.78 is 2.81. The lowest BCUT2D eigenvalue weighted by atomic mass is 10.2. The number of hydrogen-bond donors (Lipinski definition) is 2. The highest BCUT2D eigenvalue weighted by Crippen LogP contribution is 2.07. The molecule has 0 bridgehead atoms. The summed E-state index contributed by atoms with van der Waals surface area (Å²) in [5.41, 5.74) is 2.10. The number of nitrogens with one attached hydrogen (secondary N) is 1. The summed E-state index contributed by atoms with van der Waals surface area (Å²) in [5, 5.41) is 4.10. The molecule has 3 N–H and O–H groups in total. The smallest absolute Gasteiger partial charge is 0.233 e. The molecule has 1 rings (SSSR count). The van der Waals surface area contributed by atoms with Crippen molar-refractivity contribution in [3.05, 3.63) is 16.9 Å². The third kappa shape index (κ3) is 3.89. The summed E-state index contributed by atoms with van der Waals surface area (Å²) in [5.74, 6) is 4.83. The van der Waals surface area contributed by atoms with Gasteiger partial charge in [-0.3, -0.25) is 14.9 Å². The molecule has 14 heavy (non-hydrogen) atoms. The monoisotopic (exact) mass is 260 g/mol. The van der Waals surface area contributed by atoms with Gasteiger partial charge < -0.3 is 0 Å². The topological polar surface area (TPSA) is 72.9 Å². The first-order chi connectivity index (χ1) is 6.72. The van der Waals surface area contributed by atoms with Crippen LogP contribution in [0.2, 0.25) is 0 Å². The molecule has 1 heterocycles. The predicted octanol–water partition coefficient (Wildman–Crippen LogP) is 0.806. The second-order valence-corrected chi connectivity index (χ2v) is 3.86. The molecular weight excluding hydrogens is 248 g/mol. The van der Waals surface area contributed by atoms with Crippen LogP contribution in [0.5, 0.6) is 0 Å². The molecule has 0 aliphatic rings. The van der Waals surface area contributed by atoms with Crippen molar-refractivity contribution in [2.75, 3.05) is 0 Å².